The molecular formula is C22H21FN4O2. The number of aromatic amines is 1. The highest BCUT2D eigenvalue weighted by Crippen LogP contribution is 2.39. The molecule has 2 aliphatic rings. The lowest BCUT2D eigenvalue weighted by atomic mass is 9.86. The highest BCUT2D eigenvalue weighted by atomic mass is 19.1. The number of carbonyl (C=O) groups is 1. The van der Waals surface area contributed by atoms with Gasteiger partial charge in [-0.15, -0.1) is 0 Å². The molecule has 148 valence electrons. The van der Waals surface area contributed by atoms with Crippen molar-refractivity contribution in [1.82, 2.24) is 20.5 Å². The molecule has 4 heterocycles. The van der Waals surface area contributed by atoms with Crippen molar-refractivity contribution < 1.29 is 13.9 Å². The topological polar surface area (TPSA) is 79.9 Å². The maximum absolute atomic E-state index is 14.4. The molecule has 1 unspecified atom stereocenters. The number of hydrogen-bond acceptors (Lipinski definition) is 5. The van der Waals surface area contributed by atoms with E-state index in [-0.39, 0.29) is 17.5 Å². The monoisotopic (exact) mass is 392 g/mol. The van der Waals surface area contributed by atoms with Gasteiger partial charge in [0, 0.05) is 24.2 Å². The van der Waals surface area contributed by atoms with Crippen molar-refractivity contribution in [2.45, 2.75) is 25.9 Å². The van der Waals surface area contributed by atoms with E-state index < -0.39 is 6.17 Å². The van der Waals surface area contributed by atoms with Gasteiger partial charge >= 0.3 is 0 Å². The van der Waals surface area contributed by atoms with Crippen molar-refractivity contribution in [3.05, 3.63) is 58.6 Å². The van der Waals surface area contributed by atoms with Crippen LogP contribution < -0.4 is 10.1 Å². The van der Waals surface area contributed by atoms with Crippen molar-refractivity contribution in [3.63, 3.8) is 0 Å². The van der Waals surface area contributed by atoms with E-state index in [4.69, 9.17) is 4.74 Å². The first-order valence-corrected chi connectivity index (χ1v) is 9.82. The zero-order valence-electron chi connectivity index (χ0n) is 16.0. The Bertz CT molecular complexity index is 1140. The molecule has 2 N–H and O–H groups in total. The smallest absolute Gasteiger partial charge is 0.232 e. The number of aromatic nitrogens is 3. The molecule has 2 aliphatic heterocycles. The normalized spacial score (nSPS) is 22.8. The molecule has 6 nitrogen and oxygen atoms in total. The fourth-order valence-corrected chi connectivity index (χ4v) is 4.14. The number of H-pyrrole nitrogens is 1. The second kappa shape index (κ2) is 7.08. The van der Waals surface area contributed by atoms with Crippen LogP contribution in [0.5, 0.6) is 5.75 Å². The molecule has 29 heavy (non-hydrogen) atoms. The number of halogens is 1. The number of pyridine rings is 1. The Kier molecular flexibility index (Phi) is 4.39. The van der Waals surface area contributed by atoms with Gasteiger partial charge < -0.3 is 10.1 Å². The van der Waals surface area contributed by atoms with Gasteiger partial charge in [0.2, 0.25) is 5.78 Å². The first-order valence-electron chi connectivity index (χ1n) is 9.82. The molecule has 0 spiro atoms. The average Bonchev–Trinajstić information content (AvgIpc) is 3.28. The Labute approximate surface area is 167 Å². The second-order valence-electron chi connectivity index (χ2n) is 7.66. The largest absolute Gasteiger partial charge is 0.452 e. The van der Waals surface area contributed by atoms with Crippen molar-refractivity contribution in [3.8, 4) is 5.75 Å². The molecule has 0 amide bonds. The Morgan fingerprint density at radius 1 is 1.34 bits per heavy atom. The van der Waals surface area contributed by atoms with Crippen LogP contribution in [0.2, 0.25) is 0 Å². The second-order valence-corrected chi connectivity index (χ2v) is 7.66. The van der Waals surface area contributed by atoms with Crippen molar-refractivity contribution in [2.75, 3.05) is 13.1 Å². The maximum Gasteiger partial charge on any atom is 0.232 e. The molecule has 0 saturated carbocycles. The number of Topliss-reactive ketones (excluding diaryl/α,β-unsaturated/α-hetero) is 1. The lowest BCUT2D eigenvalue weighted by molar-refractivity contribution is 0.101. The molecule has 0 radical (unpaired) electrons. The number of hydrogen-bond donors (Lipinski definition) is 2. The number of nitrogens with one attached hydrogen (secondary N) is 2. The van der Waals surface area contributed by atoms with Crippen LogP contribution in [0.4, 0.5) is 4.39 Å². The van der Waals surface area contributed by atoms with Gasteiger partial charge in [-0.25, -0.2) is 9.37 Å². The van der Waals surface area contributed by atoms with Crippen LogP contribution in [0.15, 0.2) is 36.2 Å². The van der Waals surface area contributed by atoms with Gasteiger partial charge in [0.15, 0.2) is 11.4 Å². The predicted molar refractivity (Wildman–Crippen MR) is 108 cm³/mol. The van der Waals surface area contributed by atoms with Gasteiger partial charge in [0.1, 0.15) is 11.9 Å². The summed E-state index contributed by atoms with van der Waals surface area (Å²) in [5.41, 5.74) is 3.71. The molecule has 0 bridgehead atoms. The summed E-state index contributed by atoms with van der Waals surface area (Å²) in [6, 6.07) is 7.41. The Balaban J connectivity index is 1.50. The van der Waals surface area contributed by atoms with Crippen LogP contribution in [0.1, 0.15) is 33.6 Å². The summed E-state index contributed by atoms with van der Waals surface area (Å²) in [6.45, 7) is 3.17. The first kappa shape index (κ1) is 18.0. The number of rotatable bonds is 3. The number of carbonyl (C=O) groups excluding carboxylic acids is 1. The summed E-state index contributed by atoms with van der Waals surface area (Å²) in [5.74, 6) is 0.536. The minimum atomic E-state index is -0.894. The van der Waals surface area contributed by atoms with Gasteiger partial charge in [-0.05, 0) is 61.6 Å². The Hall–Kier alpha value is -3.06. The van der Waals surface area contributed by atoms with Gasteiger partial charge in [0.05, 0.1) is 11.3 Å². The van der Waals surface area contributed by atoms with Crippen LogP contribution >= 0.6 is 0 Å². The maximum atomic E-state index is 14.4. The van der Waals surface area contributed by atoms with Gasteiger partial charge in [0.25, 0.3) is 0 Å². The van der Waals surface area contributed by atoms with Crippen LogP contribution in [0, 0.1) is 12.8 Å². The molecule has 0 aliphatic carbocycles. The molecule has 1 aromatic carbocycles. The number of aryl methyl sites for hydroxylation is 1. The number of allylic oxidation sites excluding steroid dienone is 1. The summed E-state index contributed by atoms with van der Waals surface area (Å²) >= 11 is 0. The van der Waals surface area contributed by atoms with Crippen LogP contribution in [0.25, 0.3) is 17.1 Å². The molecule has 5 rings (SSSR count). The minimum Gasteiger partial charge on any atom is -0.452 e. The third kappa shape index (κ3) is 3.11. The Morgan fingerprint density at radius 3 is 3.10 bits per heavy atom. The third-order valence-corrected chi connectivity index (χ3v) is 5.82. The molecular weight excluding hydrogens is 371 g/mol. The van der Waals surface area contributed by atoms with Crippen LogP contribution in [0.3, 0.4) is 0 Å². The summed E-state index contributed by atoms with van der Waals surface area (Å²) in [7, 11) is 0. The molecule has 2 atom stereocenters. The number of alkyl halides is 1. The third-order valence-electron chi connectivity index (χ3n) is 5.82. The Morgan fingerprint density at radius 2 is 2.24 bits per heavy atom. The lowest BCUT2D eigenvalue weighted by Crippen LogP contribution is -2.39. The van der Waals surface area contributed by atoms with E-state index in [1.807, 2.05) is 25.1 Å². The highest BCUT2D eigenvalue weighted by Gasteiger charge is 2.33. The molecule has 2 aromatic heterocycles. The van der Waals surface area contributed by atoms with Gasteiger partial charge in [-0.1, -0.05) is 6.07 Å². The highest BCUT2D eigenvalue weighted by molar-refractivity contribution is 6.15. The summed E-state index contributed by atoms with van der Waals surface area (Å²) < 4.78 is 20.4. The lowest BCUT2D eigenvalue weighted by Gasteiger charge is -2.27. The van der Waals surface area contributed by atoms with E-state index in [0.29, 0.717) is 35.6 Å². The standard InChI is InChI=1S/C22H21FN4O2/c1-12-4-5-15-20(28)19(10-18-14-3-2-7-25-22(14)27-26-18)29-21(15)16(12)9-13-6-8-24-11-17(13)23/h2-5,7,10,13,17,24H,6,8-9,11H2,1H3,(H,25,26,27)/b19-10-/t13?,17-/m0/s1. The fourth-order valence-electron chi connectivity index (χ4n) is 4.14. The van der Waals surface area contributed by atoms with E-state index in [2.05, 4.69) is 20.5 Å². The van der Waals surface area contributed by atoms with E-state index in [1.54, 1.807) is 18.3 Å². The van der Waals surface area contributed by atoms with Crippen LogP contribution in [-0.2, 0) is 6.42 Å². The van der Waals surface area contributed by atoms with Crippen molar-refractivity contribution in [2.24, 2.45) is 5.92 Å². The zero-order valence-corrected chi connectivity index (χ0v) is 16.0. The zero-order chi connectivity index (χ0) is 20.0. The average molecular weight is 392 g/mol. The number of benzene rings is 1. The van der Waals surface area contributed by atoms with E-state index >= 15 is 0 Å². The number of ketones is 1. The molecule has 1 saturated heterocycles. The number of nitrogens with zero attached hydrogens (tertiary/aromatic N) is 2. The summed E-state index contributed by atoms with van der Waals surface area (Å²) in [5, 5.41) is 11.0. The van der Waals surface area contributed by atoms with Gasteiger partial charge in [-0.2, -0.15) is 5.10 Å². The number of fused-ring (bicyclic) bond motifs is 2. The van der Waals surface area contributed by atoms with E-state index in [0.717, 1.165) is 29.5 Å². The minimum absolute atomic E-state index is 0.0745. The SMILES string of the molecule is Cc1ccc2c(c1CC1CCNC[C@@H]1F)O/C(=C\c1n[nH]c3ncccc13)C2=O. The van der Waals surface area contributed by atoms with E-state index in [9.17, 15) is 9.18 Å². The molecule has 7 heteroatoms. The first-order chi connectivity index (χ1) is 14.1. The number of ether oxygens (including phenoxy) is 1. The fraction of sp³-hybridized carbons (Fsp3) is 0.318. The molecule has 1 fully saturated rings. The summed E-state index contributed by atoms with van der Waals surface area (Å²) in [6.07, 6.45) is 3.76. The number of piperidine rings is 1. The van der Waals surface area contributed by atoms with E-state index in [1.165, 1.54) is 0 Å². The van der Waals surface area contributed by atoms with Crippen molar-refractivity contribution in [1.29, 1.82) is 0 Å². The van der Waals surface area contributed by atoms with Crippen LogP contribution in [-0.4, -0.2) is 40.2 Å². The predicted octanol–water partition coefficient (Wildman–Crippen LogP) is 3.37. The summed E-state index contributed by atoms with van der Waals surface area (Å²) in [4.78, 5) is 17.2. The van der Waals surface area contributed by atoms with Gasteiger partial charge in [-0.3, -0.25) is 9.89 Å². The van der Waals surface area contributed by atoms with Crippen molar-refractivity contribution >= 4 is 22.9 Å². The molecule has 3 aromatic rings. The quantitative estimate of drug-likeness (QED) is 0.668.